The Morgan fingerprint density at radius 3 is 2.90 bits per heavy atom. The SMILES string of the molecule is COc1cccc(C=NNC(=O)c2[c]cccc2)c1O. The molecule has 0 saturated carbocycles. The molecule has 1 amide bonds. The lowest BCUT2D eigenvalue weighted by Crippen LogP contribution is -2.17. The molecular formula is C15H13N2O3. The van der Waals surface area contributed by atoms with Crippen LogP contribution in [0, 0.1) is 6.07 Å². The van der Waals surface area contributed by atoms with Gasteiger partial charge in [0.05, 0.1) is 13.3 Å². The fourth-order valence-electron chi connectivity index (χ4n) is 1.56. The molecule has 2 aromatic carbocycles. The normalized spacial score (nSPS) is 10.4. The molecular weight excluding hydrogens is 256 g/mol. The number of phenolic OH excluding ortho intramolecular Hbond substituents is 1. The van der Waals surface area contributed by atoms with Gasteiger partial charge >= 0.3 is 0 Å². The van der Waals surface area contributed by atoms with Crippen LogP contribution in [0.2, 0.25) is 0 Å². The van der Waals surface area contributed by atoms with E-state index in [0.29, 0.717) is 16.9 Å². The number of nitrogens with one attached hydrogen (secondary N) is 1. The second kappa shape index (κ2) is 6.38. The smallest absolute Gasteiger partial charge is 0.271 e. The third kappa shape index (κ3) is 3.14. The van der Waals surface area contributed by atoms with Crippen LogP contribution in [0.1, 0.15) is 15.9 Å². The largest absolute Gasteiger partial charge is 0.504 e. The van der Waals surface area contributed by atoms with Crippen LogP contribution >= 0.6 is 0 Å². The van der Waals surface area contributed by atoms with Crippen LogP contribution in [0.25, 0.3) is 0 Å². The van der Waals surface area contributed by atoms with E-state index in [-0.39, 0.29) is 11.7 Å². The van der Waals surface area contributed by atoms with Crippen molar-refractivity contribution >= 4 is 12.1 Å². The predicted octanol–water partition coefficient (Wildman–Crippen LogP) is 1.96. The molecule has 101 valence electrons. The molecule has 0 bridgehead atoms. The number of aromatic hydroxyl groups is 1. The van der Waals surface area contributed by atoms with Crippen LogP contribution < -0.4 is 10.2 Å². The predicted molar refractivity (Wildman–Crippen MR) is 75.0 cm³/mol. The number of amides is 1. The van der Waals surface area contributed by atoms with Gasteiger partial charge in [0.1, 0.15) is 0 Å². The highest BCUT2D eigenvalue weighted by Gasteiger charge is 2.05. The molecule has 0 unspecified atom stereocenters. The number of hydrazone groups is 1. The monoisotopic (exact) mass is 269 g/mol. The Morgan fingerprint density at radius 2 is 2.20 bits per heavy atom. The van der Waals surface area contributed by atoms with Gasteiger partial charge in [-0.2, -0.15) is 5.10 Å². The maximum atomic E-state index is 11.7. The summed E-state index contributed by atoms with van der Waals surface area (Å²) in [5.41, 5.74) is 3.19. The number of para-hydroxylation sites is 1. The number of hydrogen-bond acceptors (Lipinski definition) is 4. The minimum atomic E-state index is -0.371. The summed E-state index contributed by atoms with van der Waals surface area (Å²) in [6.45, 7) is 0. The molecule has 0 spiro atoms. The minimum absolute atomic E-state index is 0.0285. The summed E-state index contributed by atoms with van der Waals surface area (Å²) in [5, 5.41) is 13.6. The number of rotatable bonds is 4. The van der Waals surface area contributed by atoms with E-state index in [2.05, 4.69) is 16.6 Å². The molecule has 2 rings (SSSR count). The number of benzene rings is 2. The first-order chi connectivity index (χ1) is 9.72. The van der Waals surface area contributed by atoms with E-state index in [4.69, 9.17) is 4.74 Å². The third-order valence-electron chi connectivity index (χ3n) is 2.57. The number of hydrogen-bond donors (Lipinski definition) is 2. The van der Waals surface area contributed by atoms with Gasteiger partial charge in [-0.25, -0.2) is 5.43 Å². The first-order valence-electron chi connectivity index (χ1n) is 5.88. The van der Waals surface area contributed by atoms with Crippen LogP contribution in [0.15, 0.2) is 47.6 Å². The first-order valence-corrected chi connectivity index (χ1v) is 5.88. The molecule has 0 fully saturated rings. The number of carbonyl (C=O) groups excluding carboxylic acids is 1. The summed E-state index contributed by atoms with van der Waals surface area (Å²) in [7, 11) is 1.46. The lowest BCUT2D eigenvalue weighted by atomic mass is 10.2. The molecule has 2 aromatic rings. The van der Waals surface area contributed by atoms with Gasteiger partial charge in [0.2, 0.25) is 0 Å². The highest BCUT2D eigenvalue weighted by atomic mass is 16.5. The second-order valence-corrected chi connectivity index (χ2v) is 3.87. The highest BCUT2D eigenvalue weighted by molar-refractivity contribution is 5.94. The van der Waals surface area contributed by atoms with Crippen molar-refractivity contribution < 1.29 is 14.6 Å². The van der Waals surface area contributed by atoms with Crippen molar-refractivity contribution in [1.82, 2.24) is 5.43 Å². The summed E-state index contributed by atoms with van der Waals surface area (Å²) in [4.78, 5) is 11.7. The Bertz CT molecular complexity index is 624. The van der Waals surface area contributed by atoms with Crippen molar-refractivity contribution in [3.63, 3.8) is 0 Å². The van der Waals surface area contributed by atoms with Gasteiger partial charge in [-0.3, -0.25) is 4.79 Å². The zero-order chi connectivity index (χ0) is 14.4. The van der Waals surface area contributed by atoms with Gasteiger partial charge < -0.3 is 9.84 Å². The van der Waals surface area contributed by atoms with Gasteiger partial charge in [-0.05, 0) is 24.3 Å². The zero-order valence-corrected chi connectivity index (χ0v) is 10.8. The number of nitrogens with zero attached hydrogens (tertiary/aromatic N) is 1. The van der Waals surface area contributed by atoms with Crippen LogP contribution in [0.4, 0.5) is 0 Å². The number of ether oxygens (including phenoxy) is 1. The lowest BCUT2D eigenvalue weighted by molar-refractivity contribution is 0.0955. The molecule has 0 saturated heterocycles. The summed E-state index contributed by atoms with van der Waals surface area (Å²) >= 11 is 0. The van der Waals surface area contributed by atoms with E-state index in [0.717, 1.165) is 0 Å². The van der Waals surface area contributed by atoms with Gasteiger partial charge in [-0.15, -0.1) is 0 Å². The number of carbonyl (C=O) groups is 1. The summed E-state index contributed by atoms with van der Waals surface area (Å²) in [6.07, 6.45) is 1.35. The summed E-state index contributed by atoms with van der Waals surface area (Å²) in [6, 6.07) is 14.6. The highest BCUT2D eigenvalue weighted by Crippen LogP contribution is 2.27. The summed E-state index contributed by atoms with van der Waals surface area (Å²) < 4.78 is 4.98. The van der Waals surface area contributed by atoms with Crippen LogP contribution in [-0.2, 0) is 0 Å². The Labute approximate surface area is 116 Å². The third-order valence-corrected chi connectivity index (χ3v) is 2.57. The molecule has 0 aliphatic heterocycles. The number of phenols is 1. The quantitative estimate of drug-likeness (QED) is 0.658. The molecule has 0 aliphatic rings. The maximum Gasteiger partial charge on any atom is 0.271 e. The fraction of sp³-hybridized carbons (Fsp3) is 0.0667. The van der Waals surface area contributed by atoms with Crippen molar-refractivity contribution in [2.45, 2.75) is 0 Å². The van der Waals surface area contributed by atoms with Crippen LogP contribution in [0.3, 0.4) is 0 Å². The molecule has 20 heavy (non-hydrogen) atoms. The van der Waals surface area contributed by atoms with Gasteiger partial charge in [-0.1, -0.05) is 24.3 Å². The Hall–Kier alpha value is -2.82. The van der Waals surface area contributed by atoms with Gasteiger partial charge in [0.25, 0.3) is 5.91 Å². The van der Waals surface area contributed by atoms with Crippen LogP contribution in [0.5, 0.6) is 11.5 Å². The number of methoxy groups -OCH3 is 1. The van der Waals surface area contributed by atoms with E-state index >= 15 is 0 Å². The topological polar surface area (TPSA) is 70.9 Å². The molecule has 2 N–H and O–H groups in total. The Kier molecular flexibility index (Phi) is 4.34. The van der Waals surface area contributed by atoms with Crippen molar-refractivity contribution in [2.75, 3.05) is 7.11 Å². The molecule has 1 radical (unpaired) electrons. The molecule has 5 nitrogen and oxygen atoms in total. The standard InChI is InChI=1S/C15H13N2O3/c1-20-13-9-5-8-12(14(13)18)10-16-17-15(19)11-6-3-2-4-7-11/h2-6,8-10,18H,1H3,(H,17,19). The van der Waals surface area contributed by atoms with E-state index in [1.165, 1.54) is 13.3 Å². The Morgan fingerprint density at radius 1 is 1.35 bits per heavy atom. The second-order valence-electron chi connectivity index (χ2n) is 3.87. The average molecular weight is 269 g/mol. The molecule has 0 aromatic heterocycles. The van der Waals surface area contributed by atoms with E-state index in [9.17, 15) is 9.90 Å². The maximum absolute atomic E-state index is 11.7. The lowest BCUT2D eigenvalue weighted by Gasteiger charge is -2.04. The van der Waals surface area contributed by atoms with Crippen molar-refractivity contribution in [3.8, 4) is 11.5 Å². The molecule has 0 heterocycles. The Balaban J connectivity index is 2.06. The molecule has 0 aliphatic carbocycles. The van der Waals surface area contributed by atoms with Crippen molar-refractivity contribution in [2.24, 2.45) is 5.10 Å². The fourth-order valence-corrected chi connectivity index (χ4v) is 1.56. The summed E-state index contributed by atoms with van der Waals surface area (Å²) in [5.74, 6) is -0.0554. The minimum Gasteiger partial charge on any atom is -0.504 e. The van der Waals surface area contributed by atoms with Gasteiger partial charge in [0.15, 0.2) is 11.5 Å². The van der Waals surface area contributed by atoms with Gasteiger partial charge in [0, 0.05) is 11.1 Å². The van der Waals surface area contributed by atoms with E-state index < -0.39 is 0 Å². The average Bonchev–Trinajstić information content (AvgIpc) is 2.49. The van der Waals surface area contributed by atoms with Crippen molar-refractivity contribution in [3.05, 3.63) is 59.7 Å². The van der Waals surface area contributed by atoms with Crippen molar-refractivity contribution in [1.29, 1.82) is 0 Å². The molecule has 0 atom stereocenters. The van der Waals surface area contributed by atoms with E-state index in [1.807, 2.05) is 0 Å². The van der Waals surface area contributed by atoms with E-state index in [1.54, 1.807) is 42.5 Å². The zero-order valence-electron chi connectivity index (χ0n) is 10.8. The first kappa shape index (κ1) is 13.6. The molecule has 5 heteroatoms. The van der Waals surface area contributed by atoms with Crippen LogP contribution in [-0.4, -0.2) is 24.3 Å².